The second kappa shape index (κ2) is 4.45. The molecule has 1 aromatic heterocycles. The lowest BCUT2D eigenvalue weighted by atomic mass is 10.2. The number of thiol groups is 1. The van der Waals surface area contributed by atoms with Gasteiger partial charge in [-0.05, 0) is 23.3 Å². The minimum atomic E-state index is 0.460. The Kier molecular flexibility index (Phi) is 3.52. The summed E-state index contributed by atoms with van der Waals surface area (Å²) in [4.78, 5) is 1.49. The van der Waals surface area contributed by atoms with Crippen molar-refractivity contribution in [1.29, 1.82) is 0 Å². The van der Waals surface area contributed by atoms with Crippen molar-refractivity contribution in [2.45, 2.75) is 31.4 Å². The Labute approximate surface area is 77.8 Å². The van der Waals surface area contributed by atoms with Crippen LogP contribution in [0.4, 0.5) is 0 Å². The highest BCUT2D eigenvalue weighted by Crippen LogP contribution is 2.05. The SMILES string of the molecule is CC(S)CCCc1nnn(C)n1. The Morgan fingerprint density at radius 3 is 2.83 bits per heavy atom. The maximum absolute atomic E-state index is 4.29. The summed E-state index contributed by atoms with van der Waals surface area (Å²) in [5.74, 6) is 0.825. The Bertz CT molecular complexity index is 233. The maximum Gasteiger partial charge on any atom is 0.174 e. The zero-order valence-corrected chi connectivity index (χ0v) is 8.33. The predicted molar refractivity (Wildman–Crippen MR) is 50.2 cm³/mol. The van der Waals surface area contributed by atoms with Crippen molar-refractivity contribution >= 4 is 12.6 Å². The van der Waals surface area contributed by atoms with Crippen LogP contribution in [0.1, 0.15) is 25.6 Å². The smallest absolute Gasteiger partial charge is 0.174 e. The molecular formula is C7H14N4S. The maximum atomic E-state index is 4.29. The molecule has 12 heavy (non-hydrogen) atoms. The molecule has 4 nitrogen and oxygen atoms in total. The summed E-state index contributed by atoms with van der Waals surface area (Å²) in [7, 11) is 1.78. The van der Waals surface area contributed by atoms with Gasteiger partial charge in [0.1, 0.15) is 0 Å². The summed E-state index contributed by atoms with van der Waals surface area (Å²) in [5, 5.41) is 12.2. The van der Waals surface area contributed by atoms with Crippen LogP contribution in [-0.2, 0) is 13.5 Å². The third-order valence-electron chi connectivity index (χ3n) is 1.57. The van der Waals surface area contributed by atoms with Crippen molar-refractivity contribution in [2.75, 3.05) is 0 Å². The third kappa shape index (κ3) is 3.21. The molecule has 0 bridgehead atoms. The first kappa shape index (κ1) is 9.51. The van der Waals surface area contributed by atoms with E-state index < -0.39 is 0 Å². The minimum Gasteiger partial charge on any atom is -0.176 e. The van der Waals surface area contributed by atoms with Gasteiger partial charge < -0.3 is 0 Å². The van der Waals surface area contributed by atoms with Crippen LogP contribution in [0, 0.1) is 0 Å². The monoisotopic (exact) mass is 186 g/mol. The van der Waals surface area contributed by atoms with Gasteiger partial charge >= 0.3 is 0 Å². The topological polar surface area (TPSA) is 43.6 Å². The number of rotatable bonds is 4. The number of nitrogens with zero attached hydrogens (tertiary/aromatic N) is 4. The van der Waals surface area contributed by atoms with E-state index in [0.29, 0.717) is 5.25 Å². The second-order valence-corrected chi connectivity index (χ2v) is 3.82. The predicted octanol–water partition coefficient (Wildman–Crippen LogP) is 0.851. The second-order valence-electron chi connectivity index (χ2n) is 2.94. The van der Waals surface area contributed by atoms with Gasteiger partial charge in [0.15, 0.2) is 5.82 Å². The number of hydrogen-bond donors (Lipinski definition) is 1. The van der Waals surface area contributed by atoms with Gasteiger partial charge in [0.2, 0.25) is 0 Å². The summed E-state index contributed by atoms with van der Waals surface area (Å²) in [6.45, 7) is 2.09. The van der Waals surface area contributed by atoms with Gasteiger partial charge in [0, 0.05) is 6.42 Å². The summed E-state index contributed by atoms with van der Waals surface area (Å²) in [6, 6.07) is 0. The summed E-state index contributed by atoms with van der Waals surface area (Å²) >= 11 is 4.29. The molecule has 1 rings (SSSR count). The summed E-state index contributed by atoms with van der Waals surface area (Å²) < 4.78 is 0. The fourth-order valence-corrected chi connectivity index (χ4v) is 1.16. The molecule has 1 atom stereocenters. The van der Waals surface area contributed by atoms with Crippen molar-refractivity contribution in [3.8, 4) is 0 Å². The van der Waals surface area contributed by atoms with Crippen LogP contribution in [-0.4, -0.2) is 25.5 Å². The standard InChI is InChI=1S/C7H14N4S/c1-6(12)4-3-5-7-8-10-11(2)9-7/h6,12H,3-5H2,1-2H3. The lowest BCUT2D eigenvalue weighted by Gasteiger charge is -1.99. The number of tetrazole rings is 1. The highest BCUT2D eigenvalue weighted by Gasteiger charge is 2.00. The van der Waals surface area contributed by atoms with Crippen molar-refractivity contribution in [2.24, 2.45) is 7.05 Å². The van der Waals surface area contributed by atoms with E-state index in [0.717, 1.165) is 25.1 Å². The molecular weight excluding hydrogens is 172 g/mol. The molecule has 0 spiro atoms. The molecule has 0 aromatic carbocycles. The molecule has 0 fully saturated rings. The summed E-state index contributed by atoms with van der Waals surface area (Å²) in [6.07, 6.45) is 3.08. The largest absolute Gasteiger partial charge is 0.176 e. The molecule has 5 heteroatoms. The van der Waals surface area contributed by atoms with E-state index in [1.54, 1.807) is 7.05 Å². The van der Waals surface area contributed by atoms with Crippen LogP contribution in [0.25, 0.3) is 0 Å². The Balaban J connectivity index is 2.24. The molecule has 1 unspecified atom stereocenters. The molecule has 0 radical (unpaired) electrons. The number of aryl methyl sites for hydroxylation is 2. The van der Waals surface area contributed by atoms with E-state index in [1.807, 2.05) is 0 Å². The highest BCUT2D eigenvalue weighted by molar-refractivity contribution is 7.80. The first-order valence-corrected chi connectivity index (χ1v) is 4.61. The quantitative estimate of drug-likeness (QED) is 0.709. The van der Waals surface area contributed by atoms with E-state index in [1.165, 1.54) is 4.80 Å². The molecule has 0 amide bonds. The van der Waals surface area contributed by atoms with Gasteiger partial charge in [-0.15, -0.1) is 10.2 Å². The lowest BCUT2D eigenvalue weighted by molar-refractivity contribution is 0.625. The average Bonchev–Trinajstić information content (AvgIpc) is 2.35. The highest BCUT2D eigenvalue weighted by atomic mass is 32.1. The fourth-order valence-electron chi connectivity index (χ4n) is 0.979. The molecule has 0 aliphatic rings. The van der Waals surface area contributed by atoms with Crippen molar-refractivity contribution in [1.82, 2.24) is 20.2 Å². The minimum absolute atomic E-state index is 0.460. The molecule has 0 N–H and O–H groups in total. The molecule has 0 aliphatic heterocycles. The van der Waals surface area contributed by atoms with E-state index in [4.69, 9.17) is 0 Å². The van der Waals surface area contributed by atoms with E-state index in [-0.39, 0.29) is 0 Å². The Hall–Kier alpha value is -0.580. The van der Waals surface area contributed by atoms with Crippen molar-refractivity contribution < 1.29 is 0 Å². The molecule has 0 saturated carbocycles. The van der Waals surface area contributed by atoms with Gasteiger partial charge in [-0.25, -0.2) is 0 Å². The van der Waals surface area contributed by atoms with Gasteiger partial charge in [-0.2, -0.15) is 17.4 Å². The van der Waals surface area contributed by atoms with Gasteiger partial charge in [-0.3, -0.25) is 0 Å². The van der Waals surface area contributed by atoms with Gasteiger partial charge in [-0.1, -0.05) is 6.92 Å². The third-order valence-corrected chi connectivity index (χ3v) is 1.83. The van der Waals surface area contributed by atoms with E-state index >= 15 is 0 Å². The van der Waals surface area contributed by atoms with Gasteiger partial charge in [0.05, 0.1) is 7.05 Å². The van der Waals surface area contributed by atoms with Crippen molar-refractivity contribution in [3.05, 3.63) is 5.82 Å². The summed E-state index contributed by atoms with van der Waals surface area (Å²) in [5.41, 5.74) is 0. The molecule has 68 valence electrons. The normalized spacial score (nSPS) is 13.2. The Morgan fingerprint density at radius 1 is 1.58 bits per heavy atom. The Morgan fingerprint density at radius 2 is 2.33 bits per heavy atom. The van der Waals surface area contributed by atoms with Crippen LogP contribution in [0.5, 0.6) is 0 Å². The van der Waals surface area contributed by atoms with Crippen LogP contribution >= 0.6 is 12.6 Å². The van der Waals surface area contributed by atoms with Gasteiger partial charge in [0.25, 0.3) is 0 Å². The van der Waals surface area contributed by atoms with Crippen LogP contribution in [0.3, 0.4) is 0 Å². The molecule has 1 aromatic rings. The zero-order chi connectivity index (χ0) is 8.97. The van der Waals surface area contributed by atoms with E-state index in [2.05, 4.69) is 35.0 Å². The zero-order valence-electron chi connectivity index (χ0n) is 7.43. The lowest BCUT2D eigenvalue weighted by Crippen LogP contribution is -1.96. The first-order valence-electron chi connectivity index (χ1n) is 4.09. The van der Waals surface area contributed by atoms with Crippen LogP contribution in [0.2, 0.25) is 0 Å². The average molecular weight is 186 g/mol. The molecule has 1 heterocycles. The number of hydrogen-bond acceptors (Lipinski definition) is 4. The van der Waals surface area contributed by atoms with Crippen LogP contribution in [0.15, 0.2) is 0 Å². The molecule has 0 aliphatic carbocycles. The molecule has 0 saturated heterocycles. The number of aromatic nitrogens is 4. The van der Waals surface area contributed by atoms with Crippen molar-refractivity contribution in [3.63, 3.8) is 0 Å². The van der Waals surface area contributed by atoms with E-state index in [9.17, 15) is 0 Å². The van der Waals surface area contributed by atoms with Crippen LogP contribution < -0.4 is 0 Å². The fraction of sp³-hybridized carbons (Fsp3) is 0.857. The first-order chi connectivity index (χ1) is 5.68.